The minimum Gasteiger partial charge on any atom is -0.462 e. The van der Waals surface area contributed by atoms with Gasteiger partial charge in [0.15, 0.2) is 16.7 Å². The second-order valence-electron chi connectivity index (χ2n) is 7.91. The molecule has 0 spiro atoms. The van der Waals surface area contributed by atoms with Crippen LogP contribution in [0.5, 0.6) is 0 Å². The third-order valence-corrected chi connectivity index (χ3v) is 5.48. The van der Waals surface area contributed by atoms with Gasteiger partial charge >= 0.3 is 6.09 Å². The lowest BCUT2D eigenvalue weighted by atomic mass is 10.2. The Bertz CT molecular complexity index is 855. The highest BCUT2D eigenvalue weighted by molar-refractivity contribution is 7.13. The van der Waals surface area contributed by atoms with Gasteiger partial charge in [-0.3, -0.25) is 4.99 Å². The fourth-order valence-electron chi connectivity index (χ4n) is 3.29. The van der Waals surface area contributed by atoms with Crippen LogP contribution in [0.2, 0.25) is 0 Å². The Labute approximate surface area is 168 Å². The number of rotatable bonds is 3. The van der Waals surface area contributed by atoms with Gasteiger partial charge in [0.1, 0.15) is 5.60 Å². The van der Waals surface area contributed by atoms with Gasteiger partial charge in [-0.25, -0.2) is 9.78 Å². The van der Waals surface area contributed by atoms with E-state index in [-0.39, 0.29) is 12.1 Å². The quantitative estimate of drug-likeness (QED) is 0.849. The van der Waals surface area contributed by atoms with Gasteiger partial charge in [0, 0.05) is 25.0 Å². The Morgan fingerprint density at radius 1 is 1.43 bits per heavy atom. The number of nitrogens with one attached hydrogen (secondary N) is 1. The summed E-state index contributed by atoms with van der Waals surface area (Å²) >= 11 is 1.56. The number of guanidine groups is 1. The van der Waals surface area contributed by atoms with E-state index >= 15 is 0 Å². The van der Waals surface area contributed by atoms with Crippen molar-refractivity contribution in [3.8, 4) is 10.8 Å². The summed E-state index contributed by atoms with van der Waals surface area (Å²) in [7, 11) is 0. The number of carbonyl (C=O) groups excluding carboxylic acids is 1. The number of aromatic nitrogens is 1. The lowest BCUT2D eigenvalue weighted by molar-refractivity contribution is 0.0137. The number of ether oxygens (including phenoxy) is 1. The molecule has 1 amide bonds. The van der Waals surface area contributed by atoms with Crippen LogP contribution in [0.4, 0.5) is 4.79 Å². The molecule has 1 unspecified atom stereocenters. The molecular weight excluding hydrogens is 378 g/mol. The SMILES string of the molecule is CC(C)(C)OC(=O)N1CCN2C(NCc3csc(-c4ccco4)n3)=NCC2C1. The van der Waals surface area contributed by atoms with Gasteiger partial charge in [-0.05, 0) is 32.9 Å². The molecule has 1 saturated heterocycles. The molecular formula is C19H25N5O3S. The van der Waals surface area contributed by atoms with Gasteiger partial charge in [-0.15, -0.1) is 11.3 Å². The van der Waals surface area contributed by atoms with E-state index in [0.29, 0.717) is 26.2 Å². The van der Waals surface area contributed by atoms with Crippen molar-refractivity contribution in [2.45, 2.75) is 39.0 Å². The predicted molar refractivity (Wildman–Crippen MR) is 107 cm³/mol. The third-order valence-electron chi connectivity index (χ3n) is 4.57. The molecule has 2 aromatic heterocycles. The number of hydrogen-bond acceptors (Lipinski definition) is 8. The van der Waals surface area contributed by atoms with Crippen LogP contribution < -0.4 is 5.32 Å². The first kappa shape index (κ1) is 18.8. The minimum absolute atomic E-state index is 0.192. The molecule has 1 N–H and O–H groups in total. The summed E-state index contributed by atoms with van der Waals surface area (Å²) in [5.74, 6) is 1.66. The molecule has 0 radical (unpaired) electrons. The first-order valence-electron chi connectivity index (χ1n) is 9.40. The highest BCUT2D eigenvalue weighted by atomic mass is 32.1. The maximum absolute atomic E-state index is 12.3. The van der Waals surface area contributed by atoms with Gasteiger partial charge in [0.2, 0.25) is 0 Å². The van der Waals surface area contributed by atoms with Crippen molar-refractivity contribution >= 4 is 23.4 Å². The molecule has 8 nitrogen and oxygen atoms in total. The maximum atomic E-state index is 12.3. The topological polar surface area (TPSA) is 83.2 Å². The molecule has 28 heavy (non-hydrogen) atoms. The van der Waals surface area contributed by atoms with E-state index in [9.17, 15) is 4.79 Å². The molecule has 0 aliphatic carbocycles. The number of thiazole rings is 1. The van der Waals surface area contributed by atoms with E-state index in [1.54, 1.807) is 22.5 Å². The zero-order valence-electron chi connectivity index (χ0n) is 16.3. The Morgan fingerprint density at radius 3 is 3.04 bits per heavy atom. The second-order valence-corrected chi connectivity index (χ2v) is 8.77. The molecule has 150 valence electrons. The predicted octanol–water partition coefficient (Wildman–Crippen LogP) is 2.78. The molecule has 1 atom stereocenters. The van der Waals surface area contributed by atoms with Crippen LogP contribution in [0, 0.1) is 0 Å². The van der Waals surface area contributed by atoms with Crippen molar-refractivity contribution in [1.82, 2.24) is 20.1 Å². The molecule has 0 aromatic carbocycles. The van der Waals surface area contributed by atoms with Crippen molar-refractivity contribution in [1.29, 1.82) is 0 Å². The van der Waals surface area contributed by atoms with Crippen molar-refractivity contribution < 1.29 is 13.9 Å². The lowest BCUT2D eigenvalue weighted by Gasteiger charge is -2.39. The van der Waals surface area contributed by atoms with Crippen LogP contribution in [0.15, 0.2) is 33.2 Å². The average Bonchev–Trinajstić information content (AvgIpc) is 3.38. The van der Waals surface area contributed by atoms with Crippen LogP contribution in [0.25, 0.3) is 10.8 Å². The molecule has 4 rings (SSSR count). The van der Waals surface area contributed by atoms with E-state index in [2.05, 4.69) is 20.2 Å². The van der Waals surface area contributed by atoms with E-state index in [1.807, 2.05) is 38.3 Å². The smallest absolute Gasteiger partial charge is 0.410 e. The van der Waals surface area contributed by atoms with Gasteiger partial charge < -0.3 is 24.3 Å². The monoisotopic (exact) mass is 403 g/mol. The number of amides is 1. The molecule has 4 heterocycles. The van der Waals surface area contributed by atoms with Crippen molar-refractivity contribution in [2.24, 2.45) is 4.99 Å². The minimum atomic E-state index is -0.477. The van der Waals surface area contributed by atoms with Crippen molar-refractivity contribution in [3.05, 3.63) is 29.5 Å². The van der Waals surface area contributed by atoms with Crippen molar-refractivity contribution in [2.75, 3.05) is 26.2 Å². The summed E-state index contributed by atoms with van der Waals surface area (Å²) in [6.45, 7) is 8.94. The molecule has 0 bridgehead atoms. The first-order valence-corrected chi connectivity index (χ1v) is 10.3. The van der Waals surface area contributed by atoms with Crippen LogP contribution in [-0.4, -0.2) is 64.7 Å². The fourth-order valence-corrected chi connectivity index (χ4v) is 4.08. The molecule has 2 aliphatic heterocycles. The van der Waals surface area contributed by atoms with Crippen LogP contribution in [0.3, 0.4) is 0 Å². The number of furan rings is 1. The summed E-state index contributed by atoms with van der Waals surface area (Å²) in [6, 6.07) is 3.96. The first-order chi connectivity index (χ1) is 13.4. The van der Waals surface area contributed by atoms with Gasteiger partial charge in [0.25, 0.3) is 0 Å². The number of carbonyl (C=O) groups is 1. The summed E-state index contributed by atoms with van der Waals surface area (Å²) in [5, 5.41) is 6.29. The number of fused-ring (bicyclic) bond motifs is 1. The Kier molecular flexibility index (Phi) is 5.01. The third kappa shape index (κ3) is 4.14. The highest BCUT2D eigenvalue weighted by Gasteiger charge is 2.36. The summed E-state index contributed by atoms with van der Waals surface area (Å²) in [4.78, 5) is 25.6. The Hall–Kier alpha value is -2.55. The van der Waals surface area contributed by atoms with Gasteiger partial charge in [-0.2, -0.15) is 0 Å². The maximum Gasteiger partial charge on any atom is 0.410 e. The van der Waals surface area contributed by atoms with Crippen LogP contribution in [-0.2, 0) is 11.3 Å². The number of piperazine rings is 1. The Balaban J connectivity index is 1.30. The molecule has 0 saturated carbocycles. The van der Waals surface area contributed by atoms with Crippen LogP contribution >= 0.6 is 11.3 Å². The average molecular weight is 404 g/mol. The van der Waals surface area contributed by atoms with E-state index in [1.165, 1.54) is 0 Å². The lowest BCUT2D eigenvalue weighted by Crippen LogP contribution is -2.57. The zero-order chi connectivity index (χ0) is 19.7. The van der Waals surface area contributed by atoms with E-state index in [0.717, 1.165) is 29.0 Å². The fraction of sp³-hybridized carbons (Fsp3) is 0.526. The van der Waals surface area contributed by atoms with E-state index in [4.69, 9.17) is 9.15 Å². The normalized spacial score (nSPS) is 19.4. The number of hydrogen-bond donors (Lipinski definition) is 1. The molecule has 2 aromatic rings. The zero-order valence-corrected chi connectivity index (χ0v) is 17.2. The van der Waals surface area contributed by atoms with Gasteiger partial charge in [0.05, 0.1) is 31.1 Å². The van der Waals surface area contributed by atoms with Crippen LogP contribution in [0.1, 0.15) is 26.5 Å². The van der Waals surface area contributed by atoms with Gasteiger partial charge in [-0.1, -0.05) is 0 Å². The second kappa shape index (κ2) is 7.46. The summed E-state index contributed by atoms with van der Waals surface area (Å²) in [6.07, 6.45) is 1.40. The largest absolute Gasteiger partial charge is 0.462 e. The number of aliphatic imine (C=N–C) groups is 1. The highest BCUT2D eigenvalue weighted by Crippen LogP contribution is 2.24. The number of nitrogens with zero attached hydrogens (tertiary/aromatic N) is 4. The van der Waals surface area contributed by atoms with Crippen molar-refractivity contribution in [3.63, 3.8) is 0 Å². The summed E-state index contributed by atoms with van der Waals surface area (Å²) < 4.78 is 10.9. The standard InChI is InChI=1S/C19H25N5O3S/c1-19(2,3)27-18(25)23-6-7-24-14(11-23)10-21-17(24)20-9-13-12-28-16(22-13)15-5-4-8-26-15/h4-5,8,12,14H,6-7,9-11H2,1-3H3,(H,20,21). The molecule has 1 fully saturated rings. The molecule has 9 heteroatoms. The Morgan fingerprint density at radius 2 is 2.29 bits per heavy atom. The molecule has 2 aliphatic rings. The van der Waals surface area contributed by atoms with E-state index < -0.39 is 5.60 Å². The summed E-state index contributed by atoms with van der Waals surface area (Å²) in [5.41, 5.74) is 0.477.